The van der Waals surface area contributed by atoms with Crippen LogP contribution in [0.4, 0.5) is 5.69 Å². The normalized spacial score (nSPS) is 10.6. The van der Waals surface area contributed by atoms with Crippen LogP contribution in [0.15, 0.2) is 30.5 Å². The third-order valence-electron chi connectivity index (χ3n) is 1.93. The predicted octanol–water partition coefficient (Wildman–Crippen LogP) is 3.40. The molecule has 0 aliphatic rings. The first kappa shape index (κ1) is 9.78. The lowest BCUT2D eigenvalue weighted by Gasteiger charge is -1.98. The molecule has 0 bridgehead atoms. The number of aromatic nitrogens is 1. The van der Waals surface area contributed by atoms with Crippen LogP contribution in [0.2, 0.25) is 0 Å². The van der Waals surface area contributed by atoms with E-state index in [0.717, 1.165) is 5.39 Å². The highest BCUT2D eigenvalue weighted by molar-refractivity contribution is 14.2. The number of nitrogens with zero attached hydrogens (tertiary/aromatic N) is 2. The van der Waals surface area contributed by atoms with E-state index in [9.17, 15) is 10.1 Å². The monoisotopic (exact) mass is 320 g/mol. The van der Waals surface area contributed by atoms with Crippen LogP contribution in [-0.4, -0.2) is 8.90 Å². The summed E-state index contributed by atoms with van der Waals surface area (Å²) in [5.41, 5.74) is 0.813. The van der Waals surface area contributed by atoms with E-state index in [-0.39, 0.29) is 10.6 Å². The highest BCUT2D eigenvalue weighted by Gasteiger charge is 2.14. The summed E-state index contributed by atoms with van der Waals surface area (Å²) in [7, 11) is 1.42. The topological polar surface area (TPSA) is 48.1 Å². The molecule has 1 aromatic carbocycles. The van der Waals surface area contributed by atoms with Crippen LogP contribution in [-0.2, 0) is 0 Å². The molecule has 2 rings (SSSR count). The van der Waals surface area contributed by atoms with Gasteiger partial charge < -0.3 is 0 Å². The van der Waals surface area contributed by atoms with Gasteiger partial charge in [0.1, 0.15) is 5.52 Å². The molecule has 4 nitrogen and oxygen atoms in total. The molecule has 0 N–H and O–H groups in total. The molecular formula is C8H5IN2O2S. The molecule has 1 aromatic heterocycles. The van der Waals surface area contributed by atoms with Gasteiger partial charge in [0.15, 0.2) is 0 Å². The summed E-state index contributed by atoms with van der Waals surface area (Å²) in [6.07, 6.45) is 1.83. The quantitative estimate of drug-likeness (QED) is 0.484. The molecule has 2 aromatic rings. The summed E-state index contributed by atoms with van der Waals surface area (Å²) in [6, 6.07) is 6.95. The van der Waals surface area contributed by atoms with Crippen LogP contribution in [0.25, 0.3) is 10.9 Å². The smallest absolute Gasteiger partial charge is 0.276 e. The molecule has 0 aliphatic heterocycles. The Hall–Kier alpha value is -0.760. The predicted molar refractivity (Wildman–Crippen MR) is 65.6 cm³/mol. The first-order valence-electron chi connectivity index (χ1n) is 3.77. The fraction of sp³-hybridized carbons (Fsp3) is 0. The summed E-state index contributed by atoms with van der Waals surface area (Å²) in [6.45, 7) is 0. The van der Waals surface area contributed by atoms with Gasteiger partial charge in [-0.3, -0.25) is 14.1 Å². The van der Waals surface area contributed by atoms with Crippen molar-refractivity contribution >= 4 is 46.9 Å². The van der Waals surface area contributed by atoms with Crippen molar-refractivity contribution in [2.24, 2.45) is 0 Å². The maximum Gasteiger partial charge on any atom is 0.294 e. The first-order chi connectivity index (χ1) is 6.74. The van der Waals surface area contributed by atoms with Crippen molar-refractivity contribution in [3.05, 3.63) is 40.6 Å². The number of nitro groups is 1. The molecule has 0 atom stereocenters. The van der Waals surface area contributed by atoms with Gasteiger partial charge in [-0.1, -0.05) is 12.1 Å². The number of rotatable bonds is 2. The molecule has 72 valence electrons. The Balaban J connectivity index is 2.81. The summed E-state index contributed by atoms with van der Waals surface area (Å²) in [4.78, 5) is 10.4. The summed E-state index contributed by atoms with van der Waals surface area (Å²) in [5.74, 6) is 0. The van der Waals surface area contributed by atoms with Crippen molar-refractivity contribution in [3.63, 3.8) is 0 Å². The van der Waals surface area contributed by atoms with Crippen LogP contribution < -0.4 is 0 Å². The zero-order chi connectivity index (χ0) is 10.1. The van der Waals surface area contributed by atoms with Crippen LogP contribution in [0.5, 0.6) is 0 Å². The molecule has 0 spiro atoms. The molecule has 14 heavy (non-hydrogen) atoms. The Morgan fingerprint density at radius 1 is 1.43 bits per heavy atom. The van der Waals surface area contributed by atoms with Crippen LogP contribution >= 0.6 is 30.3 Å². The summed E-state index contributed by atoms with van der Waals surface area (Å²) >= 11 is 2.10. The number of nitro benzene ring substituents is 1. The van der Waals surface area contributed by atoms with Crippen molar-refractivity contribution in [3.8, 4) is 0 Å². The van der Waals surface area contributed by atoms with Gasteiger partial charge in [-0.05, 0) is 6.07 Å². The molecular weight excluding hydrogens is 315 g/mol. The molecule has 1 heterocycles. The Kier molecular flexibility index (Phi) is 2.64. The molecule has 0 amide bonds. The minimum Gasteiger partial charge on any atom is -0.276 e. The minimum absolute atomic E-state index is 0.150. The van der Waals surface area contributed by atoms with Gasteiger partial charge in [-0.15, -0.1) is 0 Å². The molecule has 0 saturated heterocycles. The molecule has 0 fully saturated rings. The largest absolute Gasteiger partial charge is 0.294 e. The summed E-state index contributed by atoms with van der Waals surface area (Å²) in [5, 5.41) is 11.7. The number of halogens is 1. The highest BCUT2D eigenvalue weighted by Crippen LogP contribution is 2.31. The lowest BCUT2D eigenvalue weighted by Crippen LogP contribution is -1.91. The van der Waals surface area contributed by atoms with Crippen LogP contribution in [0, 0.1) is 10.1 Å². The Morgan fingerprint density at radius 2 is 2.21 bits per heavy atom. The van der Waals surface area contributed by atoms with Crippen molar-refractivity contribution in [1.82, 2.24) is 3.97 Å². The second-order valence-corrected chi connectivity index (χ2v) is 4.40. The van der Waals surface area contributed by atoms with Crippen LogP contribution in [0.3, 0.4) is 0 Å². The number of fused-ring (bicyclic) bond motifs is 1. The molecule has 0 radical (unpaired) electrons. The number of hydrogen-bond donors (Lipinski definition) is 0. The Morgan fingerprint density at radius 3 is 2.86 bits per heavy atom. The molecule has 0 aliphatic carbocycles. The Labute approximate surface area is 96.2 Å². The molecule has 0 saturated carbocycles. The third kappa shape index (κ3) is 1.48. The molecule has 0 unspecified atom stereocenters. The van der Waals surface area contributed by atoms with Gasteiger partial charge in [0.25, 0.3) is 5.69 Å². The fourth-order valence-corrected chi connectivity index (χ4v) is 2.71. The van der Waals surface area contributed by atoms with Crippen molar-refractivity contribution in [1.29, 1.82) is 0 Å². The van der Waals surface area contributed by atoms with E-state index >= 15 is 0 Å². The average molecular weight is 320 g/mol. The lowest BCUT2D eigenvalue weighted by molar-refractivity contribution is -0.383. The van der Waals surface area contributed by atoms with Crippen molar-refractivity contribution in [2.45, 2.75) is 0 Å². The van der Waals surface area contributed by atoms with E-state index in [1.54, 1.807) is 10.0 Å². The maximum absolute atomic E-state index is 10.8. The van der Waals surface area contributed by atoms with E-state index in [1.807, 2.05) is 18.3 Å². The lowest BCUT2D eigenvalue weighted by atomic mass is 10.2. The second-order valence-electron chi connectivity index (χ2n) is 2.68. The molecule has 6 heteroatoms. The van der Waals surface area contributed by atoms with E-state index in [1.165, 1.54) is 15.2 Å². The van der Waals surface area contributed by atoms with Crippen molar-refractivity contribution in [2.75, 3.05) is 0 Å². The second kappa shape index (κ2) is 3.77. The van der Waals surface area contributed by atoms with E-state index in [4.69, 9.17) is 0 Å². The summed E-state index contributed by atoms with van der Waals surface area (Å²) < 4.78 is 1.79. The number of para-hydroxylation sites is 1. The minimum atomic E-state index is -0.355. The standard InChI is InChI=1S/C8H5IN2O2S/c9-14-10-5-4-6-2-1-3-7(8(6)10)11(12)13/h1-5H. The van der Waals surface area contributed by atoms with Gasteiger partial charge in [-0.2, -0.15) is 0 Å². The average Bonchev–Trinajstić information content (AvgIpc) is 2.59. The Bertz CT molecular complexity index is 497. The van der Waals surface area contributed by atoms with Gasteiger partial charge in [0.05, 0.1) is 4.92 Å². The third-order valence-corrected chi connectivity index (χ3v) is 3.65. The van der Waals surface area contributed by atoms with Gasteiger partial charge in [0, 0.05) is 48.0 Å². The van der Waals surface area contributed by atoms with Gasteiger partial charge in [0.2, 0.25) is 0 Å². The first-order valence-corrected chi connectivity index (χ1v) is 7.09. The van der Waals surface area contributed by atoms with E-state index in [2.05, 4.69) is 21.2 Å². The number of non-ortho nitro benzene ring substituents is 1. The number of hydrogen-bond acceptors (Lipinski definition) is 3. The maximum atomic E-state index is 10.8. The van der Waals surface area contributed by atoms with Gasteiger partial charge >= 0.3 is 0 Å². The zero-order valence-corrected chi connectivity index (χ0v) is 9.86. The highest BCUT2D eigenvalue weighted by atomic mass is 127. The SMILES string of the molecule is O=[N+]([O-])c1cccc2ccn(SI)c12. The fourth-order valence-electron chi connectivity index (χ4n) is 1.35. The zero-order valence-electron chi connectivity index (χ0n) is 6.88. The van der Waals surface area contributed by atoms with Crippen LogP contribution in [0.1, 0.15) is 0 Å². The van der Waals surface area contributed by atoms with Crippen molar-refractivity contribution < 1.29 is 4.92 Å². The van der Waals surface area contributed by atoms with Gasteiger partial charge in [-0.25, -0.2) is 0 Å². The van der Waals surface area contributed by atoms with E-state index < -0.39 is 0 Å². The number of benzene rings is 1. The van der Waals surface area contributed by atoms with E-state index in [0.29, 0.717) is 5.52 Å².